The summed E-state index contributed by atoms with van der Waals surface area (Å²) in [5, 5.41) is 4.22. The van der Waals surface area contributed by atoms with Crippen molar-refractivity contribution in [2.45, 2.75) is 64.1 Å². The maximum atomic E-state index is 12.6. The molecule has 1 aromatic heterocycles. The third kappa shape index (κ3) is 3.20. The minimum atomic E-state index is -2.56. The number of nitrogens with zero attached hydrogens (tertiary/aromatic N) is 4. The first-order chi connectivity index (χ1) is 10.6. The molecule has 2 aliphatic rings. The zero-order chi connectivity index (χ0) is 15.7. The molecule has 0 unspecified atom stereocenters. The van der Waals surface area contributed by atoms with Gasteiger partial charge >= 0.3 is 5.69 Å². The molecular weight excluding hydrogens is 294 g/mol. The van der Waals surface area contributed by atoms with Crippen molar-refractivity contribution in [3.63, 3.8) is 0 Å². The first kappa shape index (κ1) is 15.2. The number of fused-ring (bicyclic) bond motifs is 1. The normalized spacial score (nSPS) is 18.1. The molecule has 0 saturated heterocycles. The molecule has 22 heavy (non-hydrogen) atoms. The van der Waals surface area contributed by atoms with Crippen molar-refractivity contribution in [1.82, 2.24) is 19.2 Å². The largest absolute Gasteiger partial charge is 0.346 e. The van der Waals surface area contributed by atoms with E-state index >= 15 is 0 Å². The lowest BCUT2D eigenvalue weighted by atomic mass is 10.2. The van der Waals surface area contributed by atoms with Crippen LogP contribution < -0.4 is 5.69 Å². The van der Waals surface area contributed by atoms with Crippen LogP contribution in [-0.4, -0.2) is 44.2 Å². The summed E-state index contributed by atoms with van der Waals surface area (Å²) in [6.07, 6.45) is 2.64. The van der Waals surface area contributed by atoms with Crippen LogP contribution in [0.2, 0.25) is 0 Å². The monoisotopic (exact) mass is 314 g/mol. The van der Waals surface area contributed by atoms with Crippen LogP contribution in [-0.2, 0) is 24.3 Å². The molecule has 1 aromatic rings. The van der Waals surface area contributed by atoms with Crippen LogP contribution in [0.4, 0.5) is 8.78 Å². The van der Waals surface area contributed by atoms with Crippen molar-refractivity contribution in [3.8, 4) is 0 Å². The second kappa shape index (κ2) is 6.18. The Morgan fingerprint density at radius 1 is 1.32 bits per heavy atom. The van der Waals surface area contributed by atoms with Crippen LogP contribution in [0.5, 0.6) is 0 Å². The molecule has 2 heterocycles. The molecule has 3 rings (SSSR count). The summed E-state index contributed by atoms with van der Waals surface area (Å²) in [5.41, 5.74) is -0.307. The highest BCUT2D eigenvalue weighted by atomic mass is 19.3. The summed E-state index contributed by atoms with van der Waals surface area (Å²) in [4.78, 5) is 25.7. The van der Waals surface area contributed by atoms with Gasteiger partial charge in [-0.1, -0.05) is 6.42 Å². The van der Waals surface area contributed by atoms with E-state index in [4.69, 9.17) is 0 Å². The number of carbonyl (C=O) groups excluding carboxylic acids is 1. The van der Waals surface area contributed by atoms with E-state index in [-0.39, 0.29) is 18.3 Å². The quantitative estimate of drug-likeness (QED) is 0.815. The maximum Gasteiger partial charge on any atom is 0.346 e. The van der Waals surface area contributed by atoms with Gasteiger partial charge in [-0.3, -0.25) is 9.36 Å². The molecule has 1 amide bonds. The van der Waals surface area contributed by atoms with E-state index in [2.05, 4.69) is 5.10 Å². The Kier molecular flexibility index (Phi) is 4.26. The van der Waals surface area contributed by atoms with E-state index in [0.717, 1.165) is 43.2 Å². The Morgan fingerprint density at radius 2 is 2.09 bits per heavy atom. The lowest BCUT2D eigenvalue weighted by molar-refractivity contribution is -0.134. The summed E-state index contributed by atoms with van der Waals surface area (Å²) in [5.74, 6) is 0.250. The molecule has 1 aliphatic heterocycles. The Hall–Kier alpha value is -1.73. The molecule has 1 saturated carbocycles. The Balaban J connectivity index is 1.75. The SMILES string of the molecule is O=C(Cn1nc2n(c1=O)CCCCC2)N(CC(F)F)C1CC1. The van der Waals surface area contributed by atoms with Gasteiger partial charge in [-0.15, -0.1) is 0 Å². The van der Waals surface area contributed by atoms with E-state index < -0.39 is 18.9 Å². The van der Waals surface area contributed by atoms with Crippen molar-refractivity contribution in [2.75, 3.05) is 6.54 Å². The average molecular weight is 314 g/mol. The molecule has 122 valence electrons. The predicted octanol–water partition coefficient (Wildman–Crippen LogP) is 1.03. The van der Waals surface area contributed by atoms with Gasteiger partial charge < -0.3 is 4.90 Å². The number of amides is 1. The summed E-state index contributed by atoms with van der Waals surface area (Å²) in [6, 6.07) is -0.0994. The number of rotatable bonds is 5. The third-order valence-electron chi connectivity index (χ3n) is 4.21. The molecule has 8 heteroatoms. The first-order valence-electron chi connectivity index (χ1n) is 7.80. The van der Waals surface area contributed by atoms with Gasteiger partial charge in [0, 0.05) is 19.0 Å². The molecule has 0 bridgehead atoms. The van der Waals surface area contributed by atoms with Crippen LogP contribution in [0, 0.1) is 0 Å². The molecule has 0 spiro atoms. The molecule has 1 fully saturated rings. The molecule has 0 N–H and O–H groups in total. The Morgan fingerprint density at radius 3 is 2.77 bits per heavy atom. The summed E-state index contributed by atoms with van der Waals surface area (Å²) >= 11 is 0. The van der Waals surface area contributed by atoms with Gasteiger partial charge in [-0.25, -0.2) is 18.3 Å². The van der Waals surface area contributed by atoms with E-state index in [0.29, 0.717) is 12.4 Å². The van der Waals surface area contributed by atoms with Gasteiger partial charge in [0.25, 0.3) is 6.43 Å². The summed E-state index contributed by atoms with van der Waals surface area (Å²) in [6.45, 7) is -0.195. The topological polar surface area (TPSA) is 60.1 Å². The summed E-state index contributed by atoms with van der Waals surface area (Å²) < 4.78 is 27.9. The standard InChI is InChI=1S/C14H20F2N4O2/c15-11(16)8-19(10-5-6-10)13(21)9-20-14(22)18-7-3-1-2-4-12(18)17-20/h10-11H,1-9H2. The number of hydrogen-bond acceptors (Lipinski definition) is 3. The van der Waals surface area contributed by atoms with Crippen LogP contribution in [0.3, 0.4) is 0 Å². The summed E-state index contributed by atoms with van der Waals surface area (Å²) in [7, 11) is 0. The number of halogens is 2. The van der Waals surface area contributed by atoms with Crippen molar-refractivity contribution >= 4 is 5.91 Å². The smallest absolute Gasteiger partial charge is 0.332 e. The highest BCUT2D eigenvalue weighted by Gasteiger charge is 2.34. The fourth-order valence-corrected chi connectivity index (χ4v) is 2.94. The lowest BCUT2D eigenvalue weighted by Crippen LogP contribution is -2.41. The first-order valence-corrected chi connectivity index (χ1v) is 7.80. The Labute approximate surface area is 126 Å². The van der Waals surface area contributed by atoms with Crippen LogP contribution in [0.25, 0.3) is 0 Å². The number of carbonyl (C=O) groups is 1. The van der Waals surface area contributed by atoms with Gasteiger partial charge in [-0.05, 0) is 25.7 Å². The van der Waals surface area contributed by atoms with E-state index in [9.17, 15) is 18.4 Å². The predicted molar refractivity (Wildman–Crippen MR) is 74.8 cm³/mol. The van der Waals surface area contributed by atoms with Crippen LogP contribution in [0.15, 0.2) is 4.79 Å². The highest BCUT2D eigenvalue weighted by molar-refractivity contribution is 5.76. The highest BCUT2D eigenvalue weighted by Crippen LogP contribution is 2.27. The van der Waals surface area contributed by atoms with Gasteiger partial charge in [0.15, 0.2) is 0 Å². The van der Waals surface area contributed by atoms with E-state index in [1.807, 2.05) is 0 Å². The van der Waals surface area contributed by atoms with Crippen molar-refractivity contribution < 1.29 is 13.6 Å². The van der Waals surface area contributed by atoms with Crippen molar-refractivity contribution in [2.24, 2.45) is 0 Å². The molecule has 0 atom stereocenters. The molecular formula is C14H20F2N4O2. The zero-order valence-corrected chi connectivity index (χ0v) is 12.4. The minimum Gasteiger partial charge on any atom is -0.332 e. The van der Waals surface area contributed by atoms with Crippen LogP contribution in [0.1, 0.15) is 37.9 Å². The molecule has 0 radical (unpaired) electrons. The second-order valence-corrected chi connectivity index (χ2v) is 5.99. The van der Waals surface area contributed by atoms with Gasteiger partial charge in [0.1, 0.15) is 12.4 Å². The minimum absolute atomic E-state index is 0.0994. The lowest BCUT2D eigenvalue weighted by Gasteiger charge is -2.21. The van der Waals surface area contributed by atoms with Gasteiger partial charge in [0.2, 0.25) is 5.91 Å². The molecule has 0 aromatic carbocycles. The maximum absolute atomic E-state index is 12.6. The van der Waals surface area contributed by atoms with Gasteiger partial charge in [0.05, 0.1) is 6.54 Å². The number of aromatic nitrogens is 3. The van der Waals surface area contributed by atoms with E-state index in [1.54, 1.807) is 4.57 Å². The average Bonchev–Trinajstić information content (AvgIpc) is 3.27. The zero-order valence-electron chi connectivity index (χ0n) is 12.4. The second-order valence-electron chi connectivity index (χ2n) is 5.99. The number of aryl methyl sites for hydroxylation is 1. The van der Waals surface area contributed by atoms with Gasteiger partial charge in [-0.2, -0.15) is 5.10 Å². The van der Waals surface area contributed by atoms with Crippen molar-refractivity contribution in [1.29, 1.82) is 0 Å². The van der Waals surface area contributed by atoms with Crippen molar-refractivity contribution in [3.05, 3.63) is 16.3 Å². The molecule has 6 nitrogen and oxygen atoms in total. The number of alkyl halides is 2. The Bertz CT molecular complexity index is 606. The van der Waals surface area contributed by atoms with Crippen LogP contribution >= 0.6 is 0 Å². The van der Waals surface area contributed by atoms with E-state index in [1.165, 1.54) is 4.90 Å². The fourth-order valence-electron chi connectivity index (χ4n) is 2.94. The fraction of sp³-hybridized carbons (Fsp3) is 0.786. The third-order valence-corrected chi connectivity index (χ3v) is 4.21. The number of hydrogen-bond donors (Lipinski definition) is 0. The molecule has 1 aliphatic carbocycles.